The fourth-order valence-electron chi connectivity index (χ4n) is 2.62. The highest BCUT2D eigenvalue weighted by Gasteiger charge is 2.10. The predicted molar refractivity (Wildman–Crippen MR) is 109 cm³/mol. The lowest BCUT2D eigenvalue weighted by molar-refractivity contribution is -0.118. The van der Waals surface area contributed by atoms with E-state index in [0.717, 1.165) is 21.8 Å². The van der Waals surface area contributed by atoms with Crippen molar-refractivity contribution in [2.24, 2.45) is 12.1 Å². The van der Waals surface area contributed by atoms with Crippen LogP contribution in [0.15, 0.2) is 65.4 Å². The highest BCUT2D eigenvalue weighted by Crippen LogP contribution is 2.23. The van der Waals surface area contributed by atoms with Crippen molar-refractivity contribution in [1.82, 2.24) is 15.0 Å². The van der Waals surface area contributed by atoms with Crippen LogP contribution in [0.3, 0.4) is 0 Å². The van der Waals surface area contributed by atoms with Crippen LogP contribution in [0.2, 0.25) is 0 Å². The van der Waals surface area contributed by atoms with E-state index in [4.69, 9.17) is 0 Å². The van der Waals surface area contributed by atoms with Crippen LogP contribution in [0.1, 0.15) is 11.1 Å². The van der Waals surface area contributed by atoms with Gasteiger partial charge in [-0.3, -0.25) is 4.79 Å². The minimum Gasteiger partial charge on any atom is -0.507 e. The van der Waals surface area contributed by atoms with Crippen LogP contribution < -0.4 is 5.43 Å². The number of benzene rings is 2. The summed E-state index contributed by atoms with van der Waals surface area (Å²) in [4.78, 5) is 16.5. The molecule has 0 unspecified atom stereocenters. The molecule has 1 heterocycles. The van der Waals surface area contributed by atoms with Gasteiger partial charge in [-0.25, -0.2) is 10.4 Å². The first-order chi connectivity index (χ1) is 13.1. The molecule has 1 amide bonds. The van der Waals surface area contributed by atoms with Gasteiger partial charge in [0.1, 0.15) is 5.75 Å². The van der Waals surface area contributed by atoms with E-state index in [9.17, 15) is 9.90 Å². The molecule has 0 aliphatic rings. The molecule has 7 heteroatoms. The van der Waals surface area contributed by atoms with E-state index in [1.165, 1.54) is 18.0 Å². The smallest absolute Gasteiger partial charge is 0.250 e. The normalized spacial score (nSPS) is 11.1. The zero-order valence-electron chi connectivity index (χ0n) is 14.9. The molecule has 0 saturated heterocycles. The molecule has 0 aliphatic heterocycles. The fraction of sp³-hybridized carbons (Fsp3) is 0.150. The standard InChI is InChI=1S/C20H20N4O2S/c1-3-7-14-8-6-9-15(19(14)26)12-21-23-18(25)13-27-20-22-16-10-4-5-11-17(16)24(20)2/h3-6,8-12,26H,1,7,13H2,2H3,(H,23,25). The number of phenols is 1. The van der Waals surface area contributed by atoms with E-state index in [1.807, 2.05) is 48.0 Å². The van der Waals surface area contributed by atoms with E-state index in [0.29, 0.717) is 12.0 Å². The van der Waals surface area contributed by atoms with Crippen LogP contribution in [-0.2, 0) is 18.3 Å². The van der Waals surface area contributed by atoms with E-state index in [1.54, 1.807) is 12.1 Å². The first kappa shape index (κ1) is 18.7. The quantitative estimate of drug-likeness (QED) is 0.285. The van der Waals surface area contributed by atoms with Gasteiger partial charge in [0.15, 0.2) is 5.16 Å². The maximum absolute atomic E-state index is 12.0. The zero-order valence-corrected chi connectivity index (χ0v) is 15.7. The highest BCUT2D eigenvalue weighted by molar-refractivity contribution is 7.99. The third-order valence-electron chi connectivity index (χ3n) is 3.99. The third kappa shape index (κ3) is 4.38. The SMILES string of the molecule is C=CCc1cccc(C=NNC(=O)CSc2nc3ccccc3n2C)c1O. The van der Waals surface area contributed by atoms with E-state index in [2.05, 4.69) is 22.1 Å². The van der Waals surface area contributed by atoms with Crippen LogP contribution in [0.4, 0.5) is 0 Å². The average Bonchev–Trinajstić information content (AvgIpc) is 2.99. The van der Waals surface area contributed by atoms with Crippen LogP contribution in [0, 0.1) is 0 Å². The Bertz CT molecular complexity index is 1010. The largest absolute Gasteiger partial charge is 0.507 e. The lowest BCUT2D eigenvalue weighted by atomic mass is 10.1. The van der Waals surface area contributed by atoms with Gasteiger partial charge in [0.2, 0.25) is 0 Å². The van der Waals surface area contributed by atoms with Crippen molar-refractivity contribution in [2.45, 2.75) is 11.6 Å². The first-order valence-corrected chi connectivity index (χ1v) is 9.36. The molecule has 6 nitrogen and oxygen atoms in total. The van der Waals surface area contributed by atoms with Crippen molar-refractivity contribution in [3.63, 3.8) is 0 Å². The molecule has 0 bridgehead atoms. The summed E-state index contributed by atoms with van der Waals surface area (Å²) >= 11 is 1.34. The van der Waals surface area contributed by atoms with Crippen LogP contribution in [0.5, 0.6) is 5.75 Å². The molecular weight excluding hydrogens is 360 g/mol. The number of thioether (sulfide) groups is 1. The molecule has 0 spiro atoms. The lowest BCUT2D eigenvalue weighted by Gasteiger charge is -2.05. The minimum atomic E-state index is -0.245. The summed E-state index contributed by atoms with van der Waals surface area (Å²) in [5.41, 5.74) is 5.70. The number of amides is 1. The minimum absolute atomic E-state index is 0.143. The Labute approximate surface area is 161 Å². The molecule has 2 aromatic carbocycles. The molecule has 0 radical (unpaired) electrons. The topological polar surface area (TPSA) is 79.5 Å². The van der Waals surface area contributed by atoms with Crippen LogP contribution in [0.25, 0.3) is 11.0 Å². The Kier molecular flexibility index (Phi) is 5.93. The second-order valence-corrected chi connectivity index (χ2v) is 6.81. The molecule has 0 saturated carbocycles. The number of para-hydroxylation sites is 3. The summed E-state index contributed by atoms with van der Waals surface area (Å²) < 4.78 is 1.96. The third-order valence-corrected chi connectivity index (χ3v) is 5.02. The number of carbonyl (C=O) groups excluding carboxylic acids is 1. The Morgan fingerprint density at radius 3 is 2.93 bits per heavy atom. The van der Waals surface area contributed by atoms with Gasteiger partial charge < -0.3 is 9.67 Å². The Morgan fingerprint density at radius 1 is 1.33 bits per heavy atom. The van der Waals surface area contributed by atoms with Gasteiger partial charge in [-0.2, -0.15) is 5.10 Å². The molecule has 1 aromatic heterocycles. The summed E-state index contributed by atoms with van der Waals surface area (Å²) in [5.74, 6) is 0.0892. The van der Waals surface area contributed by atoms with Crippen molar-refractivity contribution in [2.75, 3.05) is 5.75 Å². The van der Waals surface area contributed by atoms with E-state index >= 15 is 0 Å². The zero-order chi connectivity index (χ0) is 19.2. The maximum atomic E-state index is 12.0. The van der Waals surface area contributed by atoms with Gasteiger partial charge in [-0.15, -0.1) is 6.58 Å². The summed E-state index contributed by atoms with van der Waals surface area (Å²) in [6.07, 6.45) is 3.71. The number of aryl methyl sites for hydroxylation is 1. The fourth-order valence-corrected chi connectivity index (χ4v) is 3.40. The summed E-state index contributed by atoms with van der Waals surface area (Å²) in [6.45, 7) is 3.67. The number of imidazole rings is 1. The number of hydrazone groups is 1. The molecule has 3 aromatic rings. The molecule has 0 aliphatic carbocycles. The molecule has 0 fully saturated rings. The number of phenolic OH excluding ortho intramolecular Hbond substituents is 1. The van der Waals surface area contributed by atoms with Crippen molar-refractivity contribution >= 4 is 34.9 Å². The molecular formula is C20H20N4O2S. The summed E-state index contributed by atoms with van der Waals surface area (Å²) in [5, 5.41) is 14.9. The molecule has 0 atom stereocenters. The first-order valence-electron chi connectivity index (χ1n) is 8.38. The number of hydrogen-bond donors (Lipinski definition) is 2. The summed E-state index contributed by atoms with van der Waals surface area (Å²) in [7, 11) is 1.92. The Balaban J connectivity index is 1.58. The number of rotatable bonds is 7. The number of fused-ring (bicyclic) bond motifs is 1. The number of aromatic hydroxyl groups is 1. The van der Waals surface area contributed by atoms with Gasteiger partial charge in [-0.05, 0) is 30.2 Å². The number of allylic oxidation sites excluding steroid dienone is 1. The van der Waals surface area contributed by atoms with Crippen molar-refractivity contribution in [3.8, 4) is 5.75 Å². The number of hydrogen-bond acceptors (Lipinski definition) is 5. The number of nitrogens with zero attached hydrogens (tertiary/aromatic N) is 3. The predicted octanol–water partition coefficient (Wildman–Crippen LogP) is 3.25. The summed E-state index contributed by atoms with van der Waals surface area (Å²) in [6, 6.07) is 13.2. The van der Waals surface area contributed by atoms with Crippen LogP contribution >= 0.6 is 11.8 Å². The average molecular weight is 380 g/mol. The number of aromatic nitrogens is 2. The molecule has 2 N–H and O–H groups in total. The van der Waals surface area contributed by atoms with E-state index in [-0.39, 0.29) is 17.4 Å². The van der Waals surface area contributed by atoms with Gasteiger partial charge in [0.25, 0.3) is 5.91 Å². The lowest BCUT2D eigenvalue weighted by Crippen LogP contribution is -2.19. The Hall–Kier alpha value is -3.06. The molecule has 138 valence electrons. The number of nitrogens with one attached hydrogen (secondary N) is 1. The van der Waals surface area contributed by atoms with Crippen molar-refractivity contribution < 1.29 is 9.90 Å². The van der Waals surface area contributed by atoms with Gasteiger partial charge in [0, 0.05) is 12.6 Å². The van der Waals surface area contributed by atoms with Crippen molar-refractivity contribution in [3.05, 3.63) is 66.2 Å². The second kappa shape index (κ2) is 8.55. The second-order valence-electron chi connectivity index (χ2n) is 5.87. The van der Waals surface area contributed by atoms with Gasteiger partial charge in [0.05, 0.1) is 23.0 Å². The molecule has 27 heavy (non-hydrogen) atoms. The highest BCUT2D eigenvalue weighted by atomic mass is 32.2. The van der Waals surface area contributed by atoms with Gasteiger partial charge in [-0.1, -0.05) is 42.1 Å². The van der Waals surface area contributed by atoms with Crippen LogP contribution in [-0.4, -0.2) is 32.5 Å². The van der Waals surface area contributed by atoms with Crippen molar-refractivity contribution in [1.29, 1.82) is 0 Å². The number of carbonyl (C=O) groups is 1. The monoisotopic (exact) mass is 380 g/mol. The maximum Gasteiger partial charge on any atom is 0.250 e. The molecule has 3 rings (SSSR count). The van der Waals surface area contributed by atoms with E-state index < -0.39 is 0 Å². The Morgan fingerprint density at radius 2 is 2.15 bits per heavy atom. The van der Waals surface area contributed by atoms with Gasteiger partial charge >= 0.3 is 0 Å².